The lowest BCUT2D eigenvalue weighted by Gasteiger charge is -2.13. The molecule has 1 unspecified atom stereocenters. The molecule has 0 aliphatic heterocycles. The summed E-state index contributed by atoms with van der Waals surface area (Å²) in [4.78, 5) is 34.0. The number of hydrogen-bond donors (Lipinski definition) is 1. The Morgan fingerprint density at radius 1 is 1.30 bits per heavy atom. The van der Waals surface area contributed by atoms with Crippen molar-refractivity contribution in [1.29, 1.82) is 0 Å². The monoisotopic (exact) mass is 272 g/mol. The first kappa shape index (κ1) is 13.7. The molecular weight excluding hydrogens is 260 g/mol. The van der Waals surface area contributed by atoms with Gasteiger partial charge in [-0.25, -0.2) is 0 Å². The molecule has 20 heavy (non-hydrogen) atoms. The van der Waals surface area contributed by atoms with Gasteiger partial charge in [-0.1, -0.05) is 36.4 Å². The second kappa shape index (κ2) is 5.48. The van der Waals surface area contributed by atoms with Gasteiger partial charge in [-0.15, -0.1) is 0 Å². The van der Waals surface area contributed by atoms with Gasteiger partial charge in [0.2, 0.25) is 5.78 Å². The van der Waals surface area contributed by atoms with Crippen molar-refractivity contribution < 1.29 is 14.5 Å². The highest BCUT2D eigenvalue weighted by atomic mass is 16.6. The van der Waals surface area contributed by atoms with E-state index in [1.807, 2.05) is 0 Å². The fourth-order valence-electron chi connectivity index (χ4n) is 2.00. The Morgan fingerprint density at radius 2 is 1.95 bits per heavy atom. The van der Waals surface area contributed by atoms with Gasteiger partial charge in [-0.2, -0.15) is 0 Å². The summed E-state index contributed by atoms with van der Waals surface area (Å²) in [6.07, 6.45) is 2.64. The number of nitrogens with two attached hydrogens (primary N) is 1. The van der Waals surface area contributed by atoms with E-state index >= 15 is 0 Å². The van der Waals surface area contributed by atoms with Crippen molar-refractivity contribution in [3.05, 3.63) is 69.6 Å². The second-order valence-electron chi connectivity index (χ2n) is 4.38. The van der Waals surface area contributed by atoms with E-state index in [0.29, 0.717) is 5.56 Å². The fourth-order valence-corrected chi connectivity index (χ4v) is 2.00. The smallest absolute Gasteiger partial charge is 0.335 e. The van der Waals surface area contributed by atoms with E-state index in [9.17, 15) is 19.7 Å². The molecule has 0 spiro atoms. The maximum absolute atomic E-state index is 12.0. The predicted octanol–water partition coefficient (Wildman–Crippen LogP) is 1.46. The van der Waals surface area contributed by atoms with Crippen LogP contribution in [-0.2, 0) is 4.79 Å². The second-order valence-corrected chi connectivity index (χ2v) is 4.38. The molecule has 6 heteroatoms. The average Bonchev–Trinajstić information content (AvgIpc) is 2.42. The molecule has 1 aliphatic rings. The third-order valence-corrected chi connectivity index (χ3v) is 3.04. The Hall–Kier alpha value is -2.76. The highest BCUT2D eigenvalue weighted by molar-refractivity contribution is 6.04. The first-order valence-corrected chi connectivity index (χ1v) is 5.95. The predicted molar refractivity (Wildman–Crippen MR) is 71.2 cm³/mol. The van der Waals surface area contributed by atoms with Gasteiger partial charge in [0, 0.05) is 12.0 Å². The number of nitrogens with zero attached hydrogens (tertiary/aromatic N) is 1. The maximum atomic E-state index is 12.0. The van der Waals surface area contributed by atoms with Crippen LogP contribution in [0, 0.1) is 16.0 Å². The van der Waals surface area contributed by atoms with E-state index in [-0.39, 0.29) is 17.9 Å². The van der Waals surface area contributed by atoms with E-state index < -0.39 is 22.3 Å². The summed E-state index contributed by atoms with van der Waals surface area (Å²) in [5.41, 5.74) is 5.07. The van der Waals surface area contributed by atoms with Crippen molar-refractivity contribution in [3.63, 3.8) is 0 Å². The van der Waals surface area contributed by atoms with Crippen LogP contribution in [0.3, 0.4) is 0 Å². The number of carbonyl (C=O) groups excluding carboxylic acids is 2. The SMILES string of the molecule is NC1=C([N+](=O)[O-])C(=O)C(CC(=O)c2ccccc2)C=C1. The molecule has 6 nitrogen and oxygen atoms in total. The molecule has 0 amide bonds. The van der Waals surface area contributed by atoms with Crippen LogP contribution >= 0.6 is 0 Å². The summed E-state index contributed by atoms with van der Waals surface area (Å²) in [5, 5.41) is 10.8. The standard InChI is InChI=1S/C14H12N2O4/c15-11-7-6-10(14(18)13(11)16(19)20)8-12(17)9-4-2-1-3-5-9/h1-7,10H,8,15H2. The number of rotatable bonds is 4. The molecule has 1 aromatic rings. The van der Waals surface area contributed by atoms with Crippen molar-refractivity contribution in [2.75, 3.05) is 0 Å². The highest BCUT2D eigenvalue weighted by Crippen LogP contribution is 2.22. The Morgan fingerprint density at radius 3 is 2.55 bits per heavy atom. The van der Waals surface area contributed by atoms with E-state index in [0.717, 1.165) is 0 Å². The molecule has 2 N–H and O–H groups in total. The van der Waals surface area contributed by atoms with Crippen LogP contribution in [0.15, 0.2) is 53.9 Å². The minimum Gasteiger partial charge on any atom is -0.393 e. The number of hydrogen-bond acceptors (Lipinski definition) is 5. The summed E-state index contributed by atoms with van der Waals surface area (Å²) in [6.45, 7) is 0. The van der Waals surface area contributed by atoms with Crippen LogP contribution in [0.2, 0.25) is 0 Å². The molecular formula is C14H12N2O4. The number of allylic oxidation sites excluding steroid dienone is 3. The third kappa shape index (κ3) is 2.64. The van der Waals surface area contributed by atoms with Gasteiger partial charge in [0.25, 0.3) is 0 Å². The van der Waals surface area contributed by atoms with Crippen LogP contribution in [0.4, 0.5) is 0 Å². The van der Waals surface area contributed by atoms with Crippen LogP contribution in [0.25, 0.3) is 0 Å². The molecule has 0 heterocycles. The molecule has 0 saturated heterocycles. The van der Waals surface area contributed by atoms with Gasteiger partial charge in [-0.05, 0) is 6.08 Å². The lowest BCUT2D eigenvalue weighted by atomic mass is 9.89. The molecule has 1 atom stereocenters. The third-order valence-electron chi connectivity index (χ3n) is 3.04. The maximum Gasteiger partial charge on any atom is 0.335 e. The largest absolute Gasteiger partial charge is 0.393 e. The molecule has 2 rings (SSSR count). The molecule has 0 saturated carbocycles. The Kier molecular flexibility index (Phi) is 3.74. The summed E-state index contributed by atoms with van der Waals surface area (Å²) in [5.74, 6) is -1.80. The average molecular weight is 272 g/mol. The number of Topliss-reactive ketones (excluding diaryl/α,β-unsaturated/α-hetero) is 2. The lowest BCUT2D eigenvalue weighted by Crippen LogP contribution is -2.28. The molecule has 1 aliphatic carbocycles. The summed E-state index contributed by atoms with van der Waals surface area (Å²) in [6, 6.07) is 8.48. The lowest BCUT2D eigenvalue weighted by molar-refractivity contribution is -0.420. The molecule has 0 fully saturated rings. The molecule has 0 bridgehead atoms. The molecule has 0 aromatic heterocycles. The first-order chi connectivity index (χ1) is 9.50. The quantitative estimate of drug-likeness (QED) is 0.507. The zero-order valence-electron chi connectivity index (χ0n) is 10.5. The highest BCUT2D eigenvalue weighted by Gasteiger charge is 2.35. The van der Waals surface area contributed by atoms with Crippen molar-refractivity contribution in [3.8, 4) is 0 Å². The Bertz CT molecular complexity index is 632. The van der Waals surface area contributed by atoms with Crippen molar-refractivity contribution in [2.24, 2.45) is 11.7 Å². The molecule has 0 radical (unpaired) electrons. The zero-order valence-corrected chi connectivity index (χ0v) is 10.5. The van der Waals surface area contributed by atoms with Gasteiger partial charge in [-0.3, -0.25) is 19.7 Å². The number of benzene rings is 1. The number of carbonyl (C=O) groups is 2. The van der Waals surface area contributed by atoms with Crippen molar-refractivity contribution in [1.82, 2.24) is 0 Å². The summed E-state index contributed by atoms with van der Waals surface area (Å²) < 4.78 is 0. The topological polar surface area (TPSA) is 103 Å². The van der Waals surface area contributed by atoms with Crippen LogP contribution < -0.4 is 5.73 Å². The van der Waals surface area contributed by atoms with Crippen LogP contribution in [-0.4, -0.2) is 16.5 Å². The van der Waals surface area contributed by atoms with Crippen molar-refractivity contribution >= 4 is 11.6 Å². The molecule has 102 valence electrons. The minimum atomic E-state index is -0.838. The van der Waals surface area contributed by atoms with Crippen molar-refractivity contribution in [2.45, 2.75) is 6.42 Å². The van der Waals surface area contributed by atoms with Crippen LogP contribution in [0.1, 0.15) is 16.8 Å². The van der Waals surface area contributed by atoms with Crippen LogP contribution in [0.5, 0.6) is 0 Å². The Labute approximate surface area is 114 Å². The van der Waals surface area contributed by atoms with Gasteiger partial charge in [0.1, 0.15) is 5.70 Å². The van der Waals surface area contributed by atoms with Gasteiger partial charge in [0.05, 0.1) is 10.8 Å². The summed E-state index contributed by atoms with van der Waals surface area (Å²) >= 11 is 0. The van der Waals surface area contributed by atoms with E-state index in [4.69, 9.17) is 5.73 Å². The van der Waals surface area contributed by atoms with E-state index in [1.165, 1.54) is 12.2 Å². The van der Waals surface area contributed by atoms with E-state index in [1.54, 1.807) is 30.3 Å². The summed E-state index contributed by atoms with van der Waals surface area (Å²) in [7, 11) is 0. The molecule has 1 aromatic carbocycles. The normalized spacial score (nSPS) is 18.2. The van der Waals surface area contributed by atoms with E-state index in [2.05, 4.69) is 0 Å². The fraction of sp³-hybridized carbons (Fsp3) is 0.143. The van der Waals surface area contributed by atoms with Gasteiger partial charge < -0.3 is 5.73 Å². The first-order valence-electron chi connectivity index (χ1n) is 5.95. The Balaban J connectivity index is 2.17. The number of ketones is 2. The number of nitro groups is 1. The van der Waals surface area contributed by atoms with Gasteiger partial charge >= 0.3 is 5.70 Å². The minimum absolute atomic E-state index is 0.107. The zero-order chi connectivity index (χ0) is 14.7. The van der Waals surface area contributed by atoms with Gasteiger partial charge in [0.15, 0.2) is 5.78 Å².